The summed E-state index contributed by atoms with van der Waals surface area (Å²) in [5, 5.41) is 5.42. The van der Waals surface area contributed by atoms with E-state index in [1.807, 2.05) is 19.1 Å². The zero-order valence-electron chi connectivity index (χ0n) is 12.6. The highest BCUT2D eigenvalue weighted by Gasteiger charge is 2.33. The van der Waals surface area contributed by atoms with Gasteiger partial charge in [0.2, 0.25) is 0 Å². The number of benzene rings is 1. The van der Waals surface area contributed by atoms with Gasteiger partial charge in [-0.15, -0.1) is 0 Å². The van der Waals surface area contributed by atoms with Crippen LogP contribution < -0.4 is 0 Å². The predicted molar refractivity (Wildman–Crippen MR) is 92.7 cm³/mol. The Kier molecular flexibility index (Phi) is 5.04. The molecule has 1 aliphatic carbocycles. The number of allylic oxidation sites excluding steroid dienone is 1. The van der Waals surface area contributed by atoms with Crippen LogP contribution in [-0.2, 0) is 16.9 Å². The molecule has 1 heterocycles. The Labute approximate surface area is 146 Å². The lowest BCUT2D eigenvalue weighted by molar-refractivity contribution is 0.103. The van der Waals surface area contributed by atoms with Crippen molar-refractivity contribution in [2.75, 3.05) is 0 Å². The summed E-state index contributed by atoms with van der Waals surface area (Å²) in [5.74, 6) is 1.17. The van der Waals surface area contributed by atoms with Crippen LogP contribution >= 0.6 is 15.9 Å². The Balaban J connectivity index is 1.94. The SMILES string of the molecule is C/C=C\[S+]([O-])Cc1cc(Br)ccc1C(=O)c1cnoc1C1CC1. The second-order valence-corrected chi connectivity index (χ2v) is 7.74. The molecule has 0 spiro atoms. The van der Waals surface area contributed by atoms with E-state index in [4.69, 9.17) is 4.52 Å². The summed E-state index contributed by atoms with van der Waals surface area (Å²) in [4.78, 5) is 12.9. The third kappa shape index (κ3) is 3.76. The van der Waals surface area contributed by atoms with Crippen molar-refractivity contribution >= 4 is 32.9 Å². The van der Waals surface area contributed by atoms with Crippen LogP contribution in [0.5, 0.6) is 0 Å². The predicted octanol–water partition coefficient (Wildman–Crippen LogP) is 4.33. The summed E-state index contributed by atoms with van der Waals surface area (Å²) >= 11 is 2.26. The smallest absolute Gasteiger partial charge is 0.198 e. The Bertz CT molecular complexity index is 752. The van der Waals surface area contributed by atoms with Crippen molar-refractivity contribution in [1.29, 1.82) is 0 Å². The van der Waals surface area contributed by atoms with Gasteiger partial charge in [-0.2, -0.15) is 0 Å². The molecule has 2 aromatic rings. The van der Waals surface area contributed by atoms with Crippen LogP contribution in [0.4, 0.5) is 0 Å². The van der Waals surface area contributed by atoms with Gasteiger partial charge >= 0.3 is 0 Å². The second kappa shape index (κ2) is 7.03. The van der Waals surface area contributed by atoms with E-state index in [9.17, 15) is 9.35 Å². The van der Waals surface area contributed by atoms with Crippen molar-refractivity contribution in [2.45, 2.75) is 31.4 Å². The minimum atomic E-state index is -1.15. The van der Waals surface area contributed by atoms with E-state index in [0.717, 1.165) is 22.9 Å². The molecule has 0 amide bonds. The maximum absolute atomic E-state index is 12.9. The van der Waals surface area contributed by atoms with E-state index in [-0.39, 0.29) is 5.78 Å². The highest BCUT2D eigenvalue weighted by atomic mass is 79.9. The van der Waals surface area contributed by atoms with E-state index in [1.54, 1.807) is 17.6 Å². The average molecular weight is 394 g/mol. The van der Waals surface area contributed by atoms with Gasteiger partial charge in [-0.25, -0.2) is 0 Å². The monoisotopic (exact) mass is 393 g/mol. The highest BCUT2D eigenvalue weighted by molar-refractivity contribution is 9.10. The minimum Gasteiger partial charge on any atom is -0.612 e. The lowest BCUT2D eigenvalue weighted by Gasteiger charge is -2.11. The maximum atomic E-state index is 12.9. The molecular formula is C17H16BrNO3S. The van der Waals surface area contributed by atoms with Crippen LogP contribution in [0.1, 0.15) is 52.9 Å². The van der Waals surface area contributed by atoms with E-state index in [0.29, 0.717) is 28.6 Å². The zero-order chi connectivity index (χ0) is 16.4. The lowest BCUT2D eigenvalue weighted by Crippen LogP contribution is -2.10. The first-order valence-electron chi connectivity index (χ1n) is 7.38. The first-order chi connectivity index (χ1) is 11.1. The van der Waals surface area contributed by atoms with Gasteiger partial charge in [0.05, 0.1) is 11.8 Å². The molecular weight excluding hydrogens is 378 g/mol. The van der Waals surface area contributed by atoms with Gasteiger partial charge in [0.1, 0.15) is 11.2 Å². The number of hydrogen-bond donors (Lipinski definition) is 0. The van der Waals surface area contributed by atoms with Crippen molar-refractivity contribution in [2.24, 2.45) is 0 Å². The molecule has 0 saturated heterocycles. The number of hydrogen-bond acceptors (Lipinski definition) is 4. The summed E-state index contributed by atoms with van der Waals surface area (Å²) in [5.41, 5.74) is 1.83. The van der Waals surface area contributed by atoms with Gasteiger partial charge in [-0.05, 0) is 55.2 Å². The summed E-state index contributed by atoms with van der Waals surface area (Å²) < 4.78 is 18.2. The zero-order valence-corrected chi connectivity index (χ0v) is 15.0. The molecule has 23 heavy (non-hydrogen) atoms. The maximum Gasteiger partial charge on any atom is 0.198 e. The van der Waals surface area contributed by atoms with Gasteiger partial charge < -0.3 is 9.08 Å². The van der Waals surface area contributed by atoms with Gasteiger partial charge in [-0.1, -0.05) is 21.1 Å². The molecule has 4 nitrogen and oxygen atoms in total. The molecule has 1 unspecified atom stereocenters. The average Bonchev–Trinajstić information content (AvgIpc) is 3.24. The summed E-state index contributed by atoms with van der Waals surface area (Å²) in [6, 6.07) is 5.43. The molecule has 1 fully saturated rings. The molecule has 0 N–H and O–H groups in total. The van der Waals surface area contributed by atoms with Crippen LogP contribution in [0.2, 0.25) is 0 Å². The van der Waals surface area contributed by atoms with Gasteiger partial charge in [0.15, 0.2) is 11.5 Å². The number of carbonyl (C=O) groups excluding carboxylic acids is 1. The number of rotatable bonds is 6. The molecule has 1 saturated carbocycles. The Morgan fingerprint density at radius 2 is 2.26 bits per heavy atom. The Morgan fingerprint density at radius 1 is 1.48 bits per heavy atom. The molecule has 6 heteroatoms. The topological polar surface area (TPSA) is 66.2 Å². The molecule has 1 atom stereocenters. The molecule has 1 aromatic heterocycles. The third-order valence-electron chi connectivity index (χ3n) is 3.69. The molecule has 0 bridgehead atoms. The summed E-state index contributed by atoms with van der Waals surface area (Å²) in [7, 11) is 0. The van der Waals surface area contributed by atoms with Crippen LogP contribution in [-0.4, -0.2) is 15.5 Å². The van der Waals surface area contributed by atoms with Crippen molar-refractivity contribution in [3.05, 3.63) is 62.8 Å². The van der Waals surface area contributed by atoms with E-state index < -0.39 is 11.2 Å². The largest absolute Gasteiger partial charge is 0.612 e. The first kappa shape index (κ1) is 16.5. The van der Waals surface area contributed by atoms with Crippen molar-refractivity contribution in [3.63, 3.8) is 0 Å². The molecule has 1 aliphatic rings. The number of aromatic nitrogens is 1. The Hall–Kier alpha value is -1.37. The second-order valence-electron chi connectivity index (χ2n) is 5.50. The van der Waals surface area contributed by atoms with E-state index in [1.165, 1.54) is 6.20 Å². The highest BCUT2D eigenvalue weighted by Crippen LogP contribution is 2.42. The van der Waals surface area contributed by atoms with E-state index in [2.05, 4.69) is 21.1 Å². The number of carbonyl (C=O) groups is 1. The summed E-state index contributed by atoms with van der Waals surface area (Å²) in [6.07, 6.45) is 5.31. The van der Waals surface area contributed by atoms with Crippen LogP contribution in [0.25, 0.3) is 0 Å². The molecule has 120 valence electrons. The van der Waals surface area contributed by atoms with Crippen LogP contribution in [0.3, 0.4) is 0 Å². The lowest BCUT2D eigenvalue weighted by atomic mass is 9.99. The third-order valence-corrected chi connectivity index (χ3v) is 5.35. The molecule has 3 rings (SSSR count). The fourth-order valence-electron chi connectivity index (χ4n) is 2.46. The normalized spacial score (nSPS) is 16.0. The number of halogens is 1. The van der Waals surface area contributed by atoms with E-state index >= 15 is 0 Å². The molecule has 1 aromatic carbocycles. The van der Waals surface area contributed by atoms with Crippen molar-refractivity contribution < 1.29 is 13.9 Å². The van der Waals surface area contributed by atoms with Crippen molar-refractivity contribution in [1.82, 2.24) is 5.16 Å². The number of nitrogens with zero attached hydrogens (tertiary/aromatic N) is 1. The van der Waals surface area contributed by atoms with Gasteiger partial charge in [-0.3, -0.25) is 4.79 Å². The molecule has 0 radical (unpaired) electrons. The van der Waals surface area contributed by atoms with Gasteiger partial charge in [0, 0.05) is 21.5 Å². The summed E-state index contributed by atoms with van der Waals surface area (Å²) in [6.45, 7) is 1.82. The van der Waals surface area contributed by atoms with Crippen LogP contribution in [0.15, 0.2) is 44.9 Å². The van der Waals surface area contributed by atoms with Crippen molar-refractivity contribution in [3.8, 4) is 0 Å². The minimum absolute atomic E-state index is 0.117. The quantitative estimate of drug-likeness (QED) is 0.541. The van der Waals surface area contributed by atoms with Crippen LogP contribution in [0, 0.1) is 0 Å². The standard InChI is InChI=1S/C17H16BrNO3S/c1-2-7-23(21)10-12-8-13(18)5-6-14(12)16(20)15-9-19-22-17(15)11-3-4-11/h2,5-9,11H,3-4,10H2,1H3/b7-2-. The number of ketones is 1. The fraction of sp³-hybridized carbons (Fsp3) is 0.294. The molecule has 0 aliphatic heterocycles. The Morgan fingerprint density at radius 3 is 2.96 bits per heavy atom. The first-order valence-corrected chi connectivity index (χ1v) is 9.55. The fourth-order valence-corrected chi connectivity index (χ4v) is 3.81. The van der Waals surface area contributed by atoms with Gasteiger partial charge in [0.25, 0.3) is 0 Å².